The molecule has 0 saturated heterocycles. The Labute approximate surface area is 135 Å². The summed E-state index contributed by atoms with van der Waals surface area (Å²) in [6, 6.07) is 14.5. The predicted octanol–water partition coefficient (Wildman–Crippen LogP) is 4.88. The molecule has 0 bridgehead atoms. The molecule has 4 rings (SSSR count). The van der Waals surface area contributed by atoms with Crippen LogP contribution in [0, 0.1) is 6.92 Å². The summed E-state index contributed by atoms with van der Waals surface area (Å²) >= 11 is 0. The van der Waals surface area contributed by atoms with Crippen LogP contribution in [0.1, 0.15) is 11.3 Å². The van der Waals surface area contributed by atoms with E-state index in [9.17, 15) is 13.2 Å². The van der Waals surface area contributed by atoms with Crippen LogP contribution >= 0.6 is 0 Å². The van der Waals surface area contributed by atoms with E-state index in [-0.39, 0.29) is 0 Å². The Hall–Kier alpha value is -2.89. The molecular weight excluding hydrogens is 315 g/mol. The van der Waals surface area contributed by atoms with Gasteiger partial charge < -0.3 is 0 Å². The van der Waals surface area contributed by atoms with E-state index in [1.165, 1.54) is 6.07 Å². The zero-order valence-corrected chi connectivity index (χ0v) is 12.7. The minimum Gasteiger partial charge on any atom is -0.276 e. The summed E-state index contributed by atoms with van der Waals surface area (Å²) in [5.74, 6) is 0.476. The van der Waals surface area contributed by atoms with Crippen molar-refractivity contribution < 1.29 is 13.2 Å². The minimum atomic E-state index is -4.38. The van der Waals surface area contributed by atoms with E-state index in [0.29, 0.717) is 22.7 Å². The maximum Gasteiger partial charge on any atom is 0.416 e. The largest absolute Gasteiger partial charge is 0.416 e. The van der Waals surface area contributed by atoms with Crippen molar-refractivity contribution >= 4 is 16.8 Å². The van der Waals surface area contributed by atoms with Crippen LogP contribution in [0.25, 0.3) is 28.1 Å². The molecule has 2 aromatic heterocycles. The van der Waals surface area contributed by atoms with Gasteiger partial charge in [-0.25, -0.2) is 9.97 Å². The molecular formula is C18H12F3N3. The Bertz CT molecular complexity index is 1060. The highest BCUT2D eigenvalue weighted by atomic mass is 19.4. The topological polar surface area (TPSA) is 30.2 Å². The summed E-state index contributed by atoms with van der Waals surface area (Å²) in [4.78, 5) is 8.86. The van der Waals surface area contributed by atoms with Crippen molar-refractivity contribution in [2.24, 2.45) is 0 Å². The van der Waals surface area contributed by atoms with Gasteiger partial charge in [0.05, 0.1) is 22.3 Å². The third-order valence-electron chi connectivity index (χ3n) is 3.89. The van der Waals surface area contributed by atoms with Crippen LogP contribution in [0.2, 0.25) is 0 Å². The fourth-order valence-electron chi connectivity index (χ4n) is 2.85. The van der Waals surface area contributed by atoms with Crippen molar-refractivity contribution in [1.82, 2.24) is 14.4 Å². The van der Waals surface area contributed by atoms with E-state index in [4.69, 9.17) is 0 Å². The van der Waals surface area contributed by atoms with Gasteiger partial charge >= 0.3 is 6.18 Å². The van der Waals surface area contributed by atoms with Crippen LogP contribution in [0.15, 0.2) is 54.6 Å². The van der Waals surface area contributed by atoms with Gasteiger partial charge in [0.15, 0.2) is 0 Å². The zero-order valence-electron chi connectivity index (χ0n) is 12.7. The summed E-state index contributed by atoms with van der Waals surface area (Å²) in [6.07, 6.45) is -4.38. The van der Waals surface area contributed by atoms with Gasteiger partial charge in [0.1, 0.15) is 0 Å². The number of aryl methyl sites for hydroxylation is 1. The van der Waals surface area contributed by atoms with Crippen LogP contribution in [0.3, 0.4) is 0 Å². The standard InChI is InChI=1S/C18H12F3N3/c1-11-9-16(12-5-4-6-13(10-12)18(19,20)21)24-15-8-3-2-7-14(15)23-17(24)22-11/h2-10H,1H3. The first kappa shape index (κ1) is 14.7. The fraction of sp³-hybridized carbons (Fsp3) is 0.111. The number of fused-ring (bicyclic) bond motifs is 3. The van der Waals surface area contributed by atoms with Gasteiger partial charge in [-0.1, -0.05) is 24.3 Å². The Balaban J connectivity index is 2.06. The number of hydrogen-bond donors (Lipinski definition) is 0. The zero-order chi connectivity index (χ0) is 16.9. The van der Waals surface area contributed by atoms with Crippen LogP contribution < -0.4 is 0 Å². The molecule has 6 heteroatoms. The van der Waals surface area contributed by atoms with Crippen molar-refractivity contribution in [2.45, 2.75) is 13.1 Å². The number of para-hydroxylation sites is 2. The molecule has 2 heterocycles. The average Bonchev–Trinajstić information content (AvgIpc) is 2.91. The van der Waals surface area contributed by atoms with Crippen LogP contribution in [-0.2, 0) is 6.18 Å². The second-order valence-corrected chi connectivity index (χ2v) is 5.60. The molecule has 2 aromatic carbocycles. The Morgan fingerprint density at radius 3 is 2.50 bits per heavy atom. The number of nitrogens with zero attached hydrogens (tertiary/aromatic N) is 3. The van der Waals surface area contributed by atoms with Crippen molar-refractivity contribution in [3.8, 4) is 11.3 Å². The van der Waals surface area contributed by atoms with E-state index < -0.39 is 11.7 Å². The van der Waals surface area contributed by atoms with Crippen molar-refractivity contribution in [2.75, 3.05) is 0 Å². The third-order valence-corrected chi connectivity index (χ3v) is 3.89. The minimum absolute atomic E-state index is 0.475. The summed E-state index contributed by atoms with van der Waals surface area (Å²) in [5, 5.41) is 0. The smallest absolute Gasteiger partial charge is 0.276 e. The lowest BCUT2D eigenvalue weighted by atomic mass is 10.1. The lowest BCUT2D eigenvalue weighted by Crippen LogP contribution is -2.05. The molecule has 3 nitrogen and oxygen atoms in total. The average molecular weight is 327 g/mol. The molecule has 0 atom stereocenters. The summed E-state index contributed by atoms with van der Waals surface area (Å²) in [6.45, 7) is 1.80. The number of alkyl halides is 3. The van der Waals surface area contributed by atoms with E-state index in [1.807, 2.05) is 24.3 Å². The highest BCUT2D eigenvalue weighted by Gasteiger charge is 2.30. The van der Waals surface area contributed by atoms with Gasteiger partial charge in [0.2, 0.25) is 5.78 Å². The Morgan fingerprint density at radius 1 is 0.917 bits per heavy atom. The lowest BCUT2D eigenvalue weighted by molar-refractivity contribution is -0.137. The van der Waals surface area contributed by atoms with Crippen molar-refractivity contribution in [3.05, 3.63) is 65.9 Å². The molecule has 120 valence electrons. The molecule has 0 spiro atoms. The third kappa shape index (κ3) is 2.31. The molecule has 0 aliphatic rings. The summed E-state index contributed by atoms with van der Waals surface area (Å²) < 4.78 is 40.9. The lowest BCUT2D eigenvalue weighted by Gasteiger charge is -2.11. The van der Waals surface area contributed by atoms with E-state index in [1.54, 1.807) is 23.5 Å². The van der Waals surface area contributed by atoms with Crippen LogP contribution in [-0.4, -0.2) is 14.4 Å². The SMILES string of the molecule is Cc1cc(-c2cccc(C(F)(F)F)c2)n2c(n1)nc1ccccc12. The predicted molar refractivity (Wildman–Crippen MR) is 85.7 cm³/mol. The molecule has 0 saturated carbocycles. The highest BCUT2D eigenvalue weighted by Crippen LogP contribution is 2.33. The first-order valence-electron chi connectivity index (χ1n) is 7.36. The second kappa shape index (κ2) is 5.06. The molecule has 0 fully saturated rings. The molecule has 0 unspecified atom stereocenters. The first-order chi connectivity index (χ1) is 11.4. The van der Waals surface area contributed by atoms with E-state index >= 15 is 0 Å². The number of halogens is 3. The van der Waals surface area contributed by atoms with Crippen molar-refractivity contribution in [1.29, 1.82) is 0 Å². The monoisotopic (exact) mass is 327 g/mol. The molecule has 0 N–H and O–H groups in total. The van der Waals surface area contributed by atoms with Crippen LogP contribution in [0.5, 0.6) is 0 Å². The highest BCUT2D eigenvalue weighted by molar-refractivity contribution is 5.82. The number of aromatic nitrogens is 3. The van der Waals surface area contributed by atoms with Gasteiger partial charge in [-0.2, -0.15) is 13.2 Å². The summed E-state index contributed by atoms with van der Waals surface area (Å²) in [7, 11) is 0. The van der Waals surface area contributed by atoms with Gasteiger partial charge in [0.25, 0.3) is 0 Å². The molecule has 0 aliphatic carbocycles. The number of imidazole rings is 1. The Kier molecular flexibility index (Phi) is 3.09. The van der Waals surface area contributed by atoms with Gasteiger partial charge in [0, 0.05) is 5.69 Å². The normalized spacial score (nSPS) is 12.2. The van der Waals surface area contributed by atoms with E-state index in [2.05, 4.69) is 9.97 Å². The molecule has 0 aliphatic heterocycles. The number of rotatable bonds is 1. The van der Waals surface area contributed by atoms with E-state index in [0.717, 1.165) is 23.2 Å². The molecule has 0 amide bonds. The maximum absolute atomic E-state index is 13.0. The number of benzene rings is 2. The van der Waals surface area contributed by atoms with Gasteiger partial charge in [-0.3, -0.25) is 4.40 Å². The number of hydrogen-bond acceptors (Lipinski definition) is 2. The molecule has 0 radical (unpaired) electrons. The van der Waals surface area contributed by atoms with Crippen LogP contribution in [0.4, 0.5) is 13.2 Å². The van der Waals surface area contributed by atoms with Crippen molar-refractivity contribution in [3.63, 3.8) is 0 Å². The van der Waals surface area contributed by atoms with Gasteiger partial charge in [-0.05, 0) is 42.8 Å². The second-order valence-electron chi connectivity index (χ2n) is 5.60. The maximum atomic E-state index is 13.0. The van der Waals surface area contributed by atoms with Gasteiger partial charge in [-0.15, -0.1) is 0 Å². The fourth-order valence-corrected chi connectivity index (χ4v) is 2.85. The molecule has 24 heavy (non-hydrogen) atoms. The quantitative estimate of drug-likeness (QED) is 0.499. The molecule has 4 aromatic rings. The summed E-state index contributed by atoms with van der Waals surface area (Å²) in [5.41, 5.74) is 2.70. The first-order valence-corrected chi connectivity index (χ1v) is 7.36. The Morgan fingerprint density at radius 2 is 1.71 bits per heavy atom.